The molecule has 11 heteroatoms. The van der Waals surface area contributed by atoms with Gasteiger partial charge in [0.15, 0.2) is 5.65 Å². The number of benzene rings is 1. The average Bonchev–Trinajstić information content (AvgIpc) is 3.69. The van der Waals surface area contributed by atoms with Gasteiger partial charge in [0.25, 0.3) is 5.91 Å². The minimum atomic E-state index is -0.193. The minimum Gasteiger partial charge on any atom is -0.379 e. The fourth-order valence-corrected chi connectivity index (χ4v) is 6.38. The number of ether oxygens (including phenoxy) is 2. The Morgan fingerprint density at radius 3 is 2.69 bits per heavy atom. The molecular weight excluding hydrogens is 568 g/mol. The summed E-state index contributed by atoms with van der Waals surface area (Å²) < 4.78 is 15.0. The summed E-state index contributed by atoms with van der Waals surface area (Å²) in [6.07, 6.45) is 8.52. The number of carbonyl (C=O) groups excluding carboxylic acids is 1. The topological polar surface area (TPSA) is 102 Å². The molecule has 1 aliphatic carbocycles. The molecule has 2 fully saturated rings. The van der Waals surface area contributed by atoms with Crippen molar-refractivity contribution in [2.45, 2.75) is 44.5 Å². The lowest BCUT2D eigenvalue weighted by atomic mass is 9.89. The van der Waals surface area contributed by atoms with E-state index in [0.717, 1.165) is 87.1 Å². The number of nitrogens with one attached hydrogen (secondary N) is 1. The number of carbonyl (C=O) groups is 1. The summed E-state index contributed by atoms with van der Waals surface area (Å²) in [5, 5.41) is 7.79. The number of hydrogen-bond acceptors (Lipinski definition) is 8. The van der Waals surface area contributed by atoms with E-state index in [0.29, 0.717) is 17.8 Å². The van der Waals surface area contributed by atoms with E-state index in [9.17, 15) is 4.79 Å². The summed E-state index contributed by atoms with van der Waals surface area (Å²) in [6, 6.07) is 16.5. The Labute approximate surface area is 263 Å². The van der Waals surface area contributed by atoms with Gasteiger partial charge in [0.05, 0.1) is 37.3 Å². The molecule has 0 unspecified atom stereocenters. The quantitative estimate of drug-likeness (QED) is 0.241. The van der Waals surface area contributed by atoms with E-state index in [1.165, 1.54) is 5.56 Å². The van der Waals surface area contributed by atoms with Gasteiger partial charge in [-0.2, -0.15) is 9.61 Å². The van der Waals surface area contributed by atoms with Crippen LogP contribution in [0.5, 0.6) is 0 Å². The van der Waals surface area contributed by atoms with E-state index in [2.05, 4.69) is 55.2 Å². The van der Waals surface area contributed by atoms with Crippen LogP contribution >= 0.6 is 0 Å². The highest BCUT2D eigenvalue weighted by molar-refractivity contribution is 6.00. The number of amides is 1. The first-order valence-electron chi connectivity index (χ1n) is 15.8. The molecule has 45 heavy (non-hydrogen) atoms. The van der Waals surface area contributed by atoms with Crippen molar-refractivity contribution in [3.63, 3.8) is 0 Å². The van der Waals surface area contributed by atoms with Gasteiger partial charge >= 0.3 is 0 Å². The van der Waals surface area contributed by atoms with E-state index in [1.54, 1.807) is 17.8 Å². The fraction of sp³-hybridized carbons (Fsp3) is 0.412. The maximum absolute atomic E-state index is 13.5. The first kappa shape index (κ1) is 29.4. The number of nitrogens with zero attached hydrogens (tertiary/aromatic N) is 7. The fourth-order valence-electron chi connectivity index (χ4n) is 6.38. The molecule has 1 aromatic carbocycles. The maximum Gasteiger partial charge on any atom is 0.257 e. The van der Waals surface area contributed by atoms with Crippen molar-refractivity contribution in [3.8, 4) is 22.6 Å². The van der Waals surface area contributed by atoms with Gasteiger partial charge < -0.3 is 24.3 Å². The van der Waals surface area contributed by atoms with Crippen molar-refractivity contribution in [2.75, 3.05) is 51.9 Å². The number of morpholine rings is 1. The number of aryl methyl sites for hydroxylation is 1. The molecule has 0 radical (unpaired) electrons. The predicted octanol–water partition coefficient (Wildman–Crippen LogP) is 3.96. The number of aromatic nitrogens is 5. The summed E-state index contributed by atoms with van der Waals surface area (Å²) >= 11 is 0. The van der Waals surface area contributed by atoms with Crippen LogP contribution in [-0.2, 0) is 22.6 Å². The zero-order valence-electron chi connectivity index (χ0n) is 25.9. The minimum absolute atomic E-state index is 0.0113. The van der Waals surface area contributed by atoms with Crippen LogP contribution < -0.4 is 10.2 Å². The summed E-state index contributed by atoms with van der Waals surface area (Å²) in [5.74, 6) is 1.57. The summed E-state index contributed by atoms with van der Waals surface area (Å²) in [6.45, 7) is 6.18. The van der Waals surface area contributed by atoms with Crippen molar-refractivity contribution < 1.29 is 14.3 Å². The van der Waals surface area contributed by atoms with Gasteiger partial charge in [0, 0.05) is 76.5 Å². The molecule has 1 saturated heterocycles. The molecule has 1 amide bonds. The summed E-state index contributed by atoms with van der Waals surface area (Å²) in [4.78, 5) is 28.0. The van der Waals surface area contributed by atoms with Crippen LogP contribution in [0.25, 0.3) is 28.3 Å². The molecule has 1 N–H and O–H groups in total. The summed E-state index contributed by atoms with van der Waals surface area (Å²) in [7, 11) is 3.72. The highest BCUT2D eigenvalue weighted by atomic mass is 16.5. The van der Waals surface area contributed by atoms with E-state index >= 15 is 0 Å². The Kier molecular flexibility index (Phi) is 8.47. The van der Waals surface area contributed by atoms with Gasteiger partial charge in [0.2, 0.25) is 0 Å². The lowest BCUT2D eigenvalue weighted by Gasteiger charge is -2.35. The van der Waals surface area contributed by atoms with Crippen molar-refractivity contribution >= 4 is 17.4 Å². The standard InChI is InChI=1S/C34H40N8O3/c1-39(23-24-8-4-3-5-9-24)31-20-29(37-33-27(22-36-42(31)33)34(43)38-28-11-12-30(28)44-2)26-21-35-32-25(26)10-6-14-41(32)15-7-13-40-16-18-45-19-17-40/h3-6,8-10,14,20-22,28,30H,7,11-13,15-19,23H2,1-2H3,(H,38,43)/t28-,30-/m0/s1. The Balaban J connectivity index is 1.21. The van der Waals surface area contributed by atoms with Crippen molar-refractivity contribution in [1.29, 1.82) is 0 Å². The smallest absolute Gasteiger partial charge is 0.257 e. The second-order valence-corrected chi connectivity index (χ2v) is 12.0. The highest BCUT2D eigenvalue weighted by Crippen LogP contribution is 2.35. The zero-order chi connectivity index (χ0) is 30.8. The molecular formula is C34H40N8O3. The van der Waals surface area contributed by atoms with Crippen LogP contribution in [0.15, 0.2) is 67.1 Å². The van der Waals surface area contributed by atoms with Gasteiger partial charge in [0.1, 0.15) is 17.2 Å². The number of fused-ring (bicyclic) bond motifs is 2. The summed E-state index contributed by atoms with van der Waals surface area (Å²) in [5.41, 5.74) is 4.83. The van der Waals surface area contributed by atoms with Gasteiger partial charge in [-0.25, -0.2) is 9.97 Å². The molecule has 3 aromatic rings. The number of anilines is 1. The van der Waals surface area contributed by atoms with Crippen molar-refractivity contribution in [1.82, 2.24) is 34.4 Å². The number of pyridine rings is 1. The molecule has 4 aliphatic rings. The molecule has 11 nitrogen and oxygen atoms in total. The number of hydrogen-bond donors (Lipinski definition) is 1. The van der Waals surface area contributed by atoms with Crippen LogP contribution in [0.4, 0.5) is 5.82 Å². The molecule has 5 heterocycles. The van der Waals surface area contributed by atoms with E-state index < -0.39 is 0 Å². The highest BCUT2D eigenvalue weighted by Gasteiger charge is 2.33. The van der Waals surface area contributed by atoms with Crippen LogP contribution in [0.2, 0.25) is 0 Å². The monoisotopic (exact) mass is 608 g/mol. The zero-order valence-corrected chi connectivity index (χ0v) is 25.9. The third-order valence-electron chi connectivity index (χ3n) is 9.08. The number of methoxy groups -OCH3 is 1. The SMILES string of the molecule is CO[C@H]1CC[C@@H]1NC(=O)c1cnn2c(N(C)Cc3ccccc3)cc(-c3cnc4n(CCCN5CCOCC5)cccc3-4)nc12. The third kappa shape index (κ3) is 6.03. The van der Waals surface area contributed by atoms with Crippen LogP contribution in [0.3, 0.4) is 0 Å². The van der Waals surface area contributed by atoms with E-state index in [1.807, 2.05) is 37.5 Å². The van der Waals surface area contributed by atoms with Gasteiger partial charge in [-0.05, 0) is 37.0 Å². The van der Waals surface area contributed by atoms with Crippen LogP contribution in [-0.4, -0.2) is 94.1 Å². The molecule has 0 bridgehead atoms. The number of rotatable bonds is 11. The first-order valence-corrected chi connectivity index (χ1v) is 15.8. The molecule has 2 atom stereocenters. The van der Waals surface area contributed by atoms with Crippen molar-refractivity contribution in [3.05, 3.63) is 78.2 Å². The van der Waals surface area contributed by atoms with Gasteiger partial charge in [-0.1, -0.05) is 30.3 Å². The lowest BCUT2D eigenvalue weighted by molar-refractivity contribution is 0.00732. The third-order valence-corrected chi connectivity index (χ3v) is 9.08. The molecule has 7 rings (SSSR count). The normalized spacial score (nSPS) is 18.7. The largest absolute Gasteiger partial charge is 0.379 e. The molecule has 234 valence electrons. The van der Waals surface area contributed by atoms with E-state index in [4.69, 9.17) is 19.4 Å². The molecule has 2 aromatic heterocycles. The predicted molar refractivity (Wildman–Crippen MR) is 173 cm³/mol. The Bertz CT molecular complexity index is 1730. The maximum atomic E-state index is 13.5. The lowest BCUT2D eigenvalue weighted by Crippen LogP contribution is -2.51. The van der Waals surface area contributed by atoms with Crippen molar-refractivity contribution in [2.24, 2.45) is 0 Å². The van der Waals surface area contributed by atoms with E-state index in [-0.39, 0.29) is 18.1 Å². The Morgan fingerprint density at radius 2 is 1.91 bits per heavy atom. The molecule has 3 aliphatic heterocycles. The Morgan fingerprint density at radius 1 is 1.07 bits per heavy atom. The molecule has 0 spiro atoms. The van der Waals surface area contributed by atoms with Gasteiger partial charge in [-0.3, -0.25) is 9.69 Å². The second kappa shape index (κ2) is 13.0. The van der Waals surface area contributed by atoms with Crippen LogP contribution in [0.1, 0.15) is 35.2 Å². The van der Waals surface area contributed by atoms with Gasteiger partial charge in [-0.15, -0.1) is 0 Å². The Hall–Kier alpha value is -4.32. The first-order chi connectivity index (χ1) is 22.1. The molecule has 1 saturated carbocycles. The average molecular weight is 609 g/mol. The van der Waals surface area contributed by atoms with Crippen LogP contribution in [0, 0.1) is 0 Å². The second-order valence-electron chi connectivity index (χ2n) is 12.0.